The van der Waals surface area contributed by atoms with Crippen molar-refractivity contribution in [1.82, 2.24) is 9.97 Å². The number of aromatic carboxylic acids is 1. The standard InChI is InChI=1S/C35H35N5O4/c1-39(2)27-15-11-23(12-16-27)7-6-20-44-31-18-17-29(37-33(31)34(41)42)26-14-13-24-9-5-19-40(30(24)21-26)35(43)38-32-22-25-8-3-4-10-28(25)36-32/h3-4,8,10-18,21-22,36H,5-7,9,19-20H2,1-2H3,(H,38,43)(H,41,42). The van der Waals surface area contributed by atoms with Crippen LogP contribution in [0.1, 0.15) is 34.5 Å². The first kappa shape index (κ1) is 28.8. The fourth-order valence-electron chi connectivity index (χ4n) is 5.56. The first-order valence-corrected chi connectivity index (χ1v) is 14.8. The van der Waals surface area contributed by atoms with Gasteiger partial charge in [-0.25, -0.2) is 14.6 Å². The Morgan fingerprint density at radius 3 is 2.61 bits per heavy atom. The van der Waals surface area contributed by atoms with Crippen LogP contribution in [0.3, 0.4) is 0 Å². The zero-order chi connectivity index (χ0) is 30.6. The number of amides is 2. The van der Waals surface area contributed by atoms with Gasteiger partial charge in [-0.3, -0.25) is 10.2 Å². The Bertz CT molecular complexity index is 1780. The molecule has 2 aromatic heterocycles. The quantitative estimate of drug-likeness (QED) is 0.160. The molecule has 9 heteroatoms. The Hall–Kier alpha value is -5.31. The van der Waals surface area contributed by atoms with E-state index >= 15 is 0 Å². The van der Waals surface area contributed by atoms with Gasteiger partial charge in [-0.2, -0.15) is 0 Å². The van der Waals surface area contributed by atoms with Crippen LogP contribution in [0.2, 0.25) is 0 Å². The first-order chi connectivity index (χ1) is 21.4. The van der Waals surface area contributed by atoms with Crippen LogP contribution in [0.15, 0.2) is 84.9 Å². The number of aromatic amines is 1. The van der Waals surface area contributed by atoms with Crippen LogP contribution in [0.5, 0.6) is 5.75 Å². The lowest BCUT2D eigenvalue weighted by Crippen LogP contribution is -2.38. The maximum Gasteiger partial charge on any atom is 0.358 e. The van der Waals surface area contributed by atoms with Crippen molar-refractivity contribution in [1.29, 1.82) is 0 Å². The van der Waals surface area contributed by atoms with Gasteiger partial charge in [-0.15, -0.1) is 0 Å². The minimum atomic E-state index is -1.15. The molecule has 9 nitrogen and oxygen atoms in total. The number of benzene rings is 3. The predicted molar refractivity (Wildman–Crippen MR) is 174 cm³/mol. The minimum absolute atomic E-state index is 0.135. The molecule has 0 aliphatic carbocycles. The van der Waals surface area contributed by atoms with Gasteiger partial charge in [-0.05, 0) is 79.3 Å². The van der Waals surface area contributed by atoms with E-state index < -0.39 is 5.97 Å². The number of anilines is 3. The summed E-state index contributed by atoms with van der Waals surface area (Å²) < 4.78 is 5.87. The summed E-state index contributed by atoms with van der Waals surface area (Å²) in [6.45, 7) is 0.943. The Morgan fingerprint density at radius 2 is 1.84 bits per heavy atom. The summed E-state index contributed by atoms with van der Waals surface area (Å²) in [6.07, 6.45) is 3.26. The molecule has 0 atom stereocenters. The molecular formula is C35H35N5O4. The average molecular weight is 590 g/mol. The third-order valence-corrected chi connectivity index (χ3v) is 7.90. The Balaban J connectivity index is 1.16. The van der Waals surface area contributed by atoms with Gasteiger partial charge >= 0.3 is 12.0 Å². The molecule has 1 aliphatic heterocycles. The molecular weight excluding hydrogens is 554 g/mol. The molecule has 0 unspecified atom stereocenters. The van der Waals surface area contributed by atoms with E-state index in [0.717, 1.165) is 59.1 Å². The zero-order valence-corrected chi connectivity index (χ0v) is 24.8. The highest BCUT2D eigenvalue weighted by Gasteiger charge is 2.24. The molecule has 0 bridgehead atoms. The third-order valence-electron chi connectivity index (χ3n) is 7.90. The van der Waals surface area contributed by atoms with E-state index in [2.05, 4.69) is 44.5 Å². The van der Waals surface area contributed by atoms with E-state index in [9.17, 15) is 14.7 Å². The van der Waals surface area contributed by atoms with Crippen LogP contribution in [0.4, 0.5) is 22.0 Å². The number of rotatable bonds is 9. The number of fused-ring (bicyclic) bond motifs is 2. The van der Waals surface area contributed by atoms with Gasteiger partial charge in [0.25, 0.3) is 0 Å². The number of carbonyl (C=O) groups excluding carboxylic acids is 1. The van der Waals surface area contributed by atoms with Crippen LogP contribution in [-0.4, -0.2) is 54.3 Å². The molecule has 1 aliphatic rings. The molecule has 3 heterocycles. The van der Waals surface area contributed by atoms with Crippen LogP contribution >= 0.6 is 0 Å². The molecule has 0 saturated heterocycles. The second-order valence-corrected chi connectivity index (χ2v) is 11.2. The van der Waals surface area contributed by atoms with Crippen molar-refractivity contribution in [3.63, 3.8) is 0 Å². The van der Waals surface area contributed by atoms with E-state index in [1.807, 2.05) is 62.6 Å². The summed E-state index contributed by atoms with van der Waals surface area (Å²) in [5.74, 6) is -0.287. The number of ether oxygens (including phenoxy) is 1. The van der Waals surface area contributed by atoms with Crippen molar-refractivity contribution in [2.45, 2.75) is 25.7 Å². The van der Waals surface area contributed by atoms with E-state index in [1.165, 1.54) is 5.56 Å². The van der Waals surface area contributed by atoms with Crippen molar-refractivity contribution >= 4 is 40.1 Å². The summed E-state index contributed by atoms with van der Waals surface area (Å²) in [5.41, 5.74) is 6.23. The van der Waals surface area contributed by atoms with Gasteiger partial charge in [0.15, 0.2) is 11.4 Å². The van der Waals surface area contributed by atoms with Crippen molar-refractivity contribution in [3.8, 4) is 17.0 Å². The average Bonchev–Trinajstić information content (AvgIpc) is 3.45. The number of aryl methyl sites for hydroxylation is 2. The number of nitrogens with zero attached hydrogens (tertiary/aromatic N) is 3. The molecule has 0 radical (unpaired) electrons. The molecule has 6 rings (SSSR count). The first-order valence-electron chi connectivity index (χ1n) is 14.8. The van der Waals surface area contributed by atoms with Gasteiger partial charge in [0, 0.05) is 48.5 Å². The summed E-state index contributed by atoms with van der Waals surface area (Å²) in [5, 5.41) is 13.9. The smallest absolute Gasteiger partial charge is 0.358 e. The molecule has 0 spiro atoms. The van der Waals surface area contributed by atoms with Crippen molar-refractivity contribution in [2.75, 3.05) is 42.4 Å². The normalized spacial score (nSPS) is 12.5. The van der Waals surface area contributed by atoms with Gasteiger partial charge < -0.3 is 19.7 Å². The maximum atomic E-state index is 13.4. The third kappa shape index (κ3) is 6.22. The summed E-state index contributed by atoms with van der Waals surface area (Å²) in [6, 6.07) is 27.2. The lowest BCUT2D eigenvalue weighted by Gasteiger charge is -2.30. The number of aromatic nitrogens is 2. The number of nitrogens with one attached hydrogen (secondary N) is 2. The van der Waals surface area contributed by atoms with Crippen LogP contribution in [-0.2, 0) is 12.8 Å². The van der Waals surface area contributed by atoms with Gasteiger partial charge in [0.2, 0.25) is 0 Å². The Labute approximate surface area is 256 Å². The lowest BCUT2D eigenvalue weighted by molar-refractivity contribution is 0.0685. The molecule has 224 valence electrons. The number of carbonyl (C=O) groups is 2. The highest BCUT2D eigenvalue weighted by molar-refractivity contribution is 6.03. The number of para-hydroxylation sites is 1. The maximum absolute atomic E-state index is 13.4. The molecule has 0 fully saturated rings. The summed E-state index contributed by atoms with van der Waals surface area (Å²) in [4.78, 5) is 37.0. The Kier molecular flexibility index (Phi) is 8.18. The van der Waals surface area contributed by atoms with Gasteiger partial charge in [0.1, 0.15) is 5.82 Å². The predicted octanol–water partition coefficient (Wildman–Crippen LogP) is 6.99. The highest BCUT2D eigenvalue weighted by atomic mass is 16.5. The van der Waals surface area contributed by atoms with E-state index in [4.69, 9.17) is 4.74 Å². The number of H-pyrrole nitrogens is 1. The van der Waals surface area contributed by atoms with Crippen molar-refractivity contribution < 1.29 is 19.4 Å². The second-order valence-electron chi connectivity index (χ2n) is 11.2. The van der Waals surface area contributed by atoms with Gasteiger partial charge in [0.05, 0.1) is 12.3 Å². The summed E-state index contributed by atoms with van der Waals surface area (Å²) in [7, 11) is 4.02. The Morgan fingerprint density at radius 1 is 1.02 bits per heavy atom. The van der Waals surface area contributed by atoms with Crippen LogP contribution < -0.4 is 19.9 Å². The molecule has 3 aromatic carbocycles. The monoisotopic (exact) mass is 589 g/mol. The van der Waals surface area contributed by atoms with E-state index in [1.54, 1.807) is 17.0 Å². The van der Waals surface area contributed by atoms with Crippen LogP contribution in [0.25, 0.3) is 22.2 Å². The van der Waals surface area contributed by atoms with E-state index in [-0.39, 0.29) is 17.5 Å². The molecule has 3 N–H and O–H groups in total. The zero-order valence-electron chi connectivity index (χ0n) is 24.8. The number of hydrogen-bond acceptors (Lipinski definition) is 5. The fourth-order valence-corrected chi connectivity index (χ4v) is 5.56. The topological polar surface area (TPSA) is 111 Å². The molecule has 5 aromatic rings. The van der Waals surface area contributed by atoms with Crippen molar-refractivity contribution in [3.05, 3.63) is 102 Å². The number of pyridine rings is 1. The SMILES string of the molecule is CN(C)c1ccc(CCCOc2ccc(-c3ccc4c(c3)N(C(=O)Nc3cc5ccccc5[nH]3)CCC4)nc2C(=O)O)cc1. The fraction of sp³-hybridized carbons (Fsp3) is 0.229. The summed E-state index contributed by atoms with van der Waals surface area (Å²) >= 11 is 0. The number of urea groups is 1. The van der Waals surface area contributed by atoms with Gasteiger partial charge in [-0.1, -0.05) is 42.5 Å². The molecule has 0 saturated carbocycles. The van der Waals surface area contributed by atoms with Crippen LogP contribution in [0, 0.1) is 0 Å². The number of carboxylic acid groups (broad SMARTS) is 1. The number of carboxylic acids is 1. The molecule has 2 amide bonds. The largest absolute Gasteiger partial charge is 0.491 e. The van der Waals surface area contributed by atoms with Crippen molar-refractivity contribution in [2.24, 2.45) is 0 Å². The molecule has 44 heavy (non-hydrogen) atoms. The minimum Gasteiger partial charge on any atom is -0.491 e. The lowest BCUT2D eigenvalue weighted by atomic mass is 9.98. The number of hydrogen-bond donors (Lipinski definition) is 3. The second kappa shape index (κ2) is 12.5. The van der Waals surface area contributed by atoms with E-state index in [0.29, 0.717) is 24.7 Å². The highest BCUT2D eigenvalue weighted by Crippen LogP contribution is 2.33.